The van der Waals surface area contributed by atoms with Crippen LogP contribution in [-0.2, 0) is 6.42 Å². The number of rotatable bonds is 14. The zero-order valence-corrected chi connectivity index (χ0v) is 24.0. The van der Waals surface area contributed by atoms with Gasteiger partial charge in [-0.25, -0.2) is 0 Å². The maximum Gasteiger partial charge on any atom is 0.0357 e. The average molecular weight is 517 g/mol. The van der Waals surface area contributed by atoms with Crippen LogP contribution in [0.25, 0.3) is 16.8 Å². The van der Waals surface area contributed by atoms with Crippen molar-refractivity contribution in [1.82, 2.24) is 5.32 Å². The molecule has 0 saturated heterocycles. The van der Waals surface area contributed by atoms with E-state index in [2.05, 4.69) is 99.2 Å². The minimum absolute atomic E-state index is 0.00336. The van der Waals surface area contributed by atoms with Crippen molar-refractivity contribution in [3.63, 3.8) is 0 Å². The van der Waals surface area contributed by atoms with Gasteiger partial charge in [-0.15, -0.1) is 0 Å². The number of nitrogens with two attached hydrogens (primary N) is 1. The topological polar surface area (TPSA) is 38.0 Å². The van der Waals surface area contributed by atoms with Crippen molar-refractivity contribution in [2.24, 2.45) is 11.7 Å². The van der Waals surface area contributed by atoms with E-state index in [1.165, 1.54) is 40.9 Å². The highest BCUT2D eigenvalue weighted by Crippen LogP contribution is 2.30. The summed E-state index contributed by atoms with van der Waals surface area (Å²) in [4.78, 5) is 0. The third-order valence-electron chi connectivity index (χ3n) is 5.22. The van der Waals surface area contributed by atoms with Crippen LogP contribution in [0.15, 0.2) is 65.9 Å². The van der Waals surface area contributed by atoms with E-state index in [4.69, 9.17) is 5.73 Å². The van der Waals surface area contributed by atoms with E-state index in [1.54, 1.807) is 11.3 Å². The second kappa shape index (κ2) is 18.0. The highest BCUT2D eigenvalue weighted by molar-refractivity contribution is 7.98. The molecule has 0 amide bonds. The fourth-order valence-corrected chi connectivity index (χ4v) is 4.38. The minimum atomic E-state index is -0.00336. The van der Waals surface area contributed by atoms with Crippen LogP contribution in [0.1, 0.15) is 51.2 Å². The van der Waals surface area contributed by atoms with Crippen LogP contribution in [-0.4, -0.2) is 30.3 Å². The Hall–Kier alpha value is -1.40. The third-order valence-corrected chi connectivity index (χ3v) is 7.15. The molecule has 188 valence electrons. The van der Waals surface area contributed by atoms with Crippen LogP contribution >= 0.6 is 35.7 Å². The lowest BCUT2D eigenvalue weighted by Gasteiger charge is -2.16. The van der Waals surface area contributed by atoms with Crippen molar-refractivity contribution >= 4 is 41.4 Å². The fraction of sp³-hybridized carbons (Fsp3) is 0.448. The number of nitrogens with one attached hydrogen (secondary N) is 1. The third kappa shape index (κ3) is 12.3. The van der Waals surface area contributed by atoms with Gasteiger partial charge in [0.2, 0.25) is 0 Å². The Balaban J connectivity index is 0.00000104. The smallest absolute Gasteiger partial charge is 0.0357 e. The van der Waals surface area contributed by atoms with Gasteiger partial charge in [0, 0.05) is 29.6 Å². The van der Waals surface area contributed by atoms with Gasteiger partial charge in [-0.1, -0.05) is 63.8 Å². The van der Waals surface area contributed by atoms with Crippen molar-refractivity contribution in [2.75, 3.05) is 24.3 Å². The summed E-state index contributed by atoms with van der Waals surface area (Å²) in [6, 6.07) is 8.76. The van der Waals surface area contributed by atoms with Crippen LogP contribution in [0.4, 0.5) is 0 Å². The molecule has 2 nitrogen and oxygen atoms in total. The summed E-state index contributed by atoms with van der Waals surface area (Å²) < 4.78 is 0. The number of thioether (sulfide) groups is 1. The standard InChI is InChI=1S/C25H34N2S2.C4H10S/c1-18(2)8-9-19(3)15-27-20(4)25-14-21(6-5-7-23(26)16-28)10-11-24(25)22-12-13-29-17-22;1-3-4-5-2/h5,7,10-14,17-18,23,27-28H,3-4,6,8-9,15-16,26H2,1-2H3;3-4H2,1-2H3/b7-5+;. The number of allylic oxidation sites excluding steroid dienone is 1. The molecule has 1 aromatic heterocycles. The van der Waals surface area contributed by atoms with Gasteiger partial charge in [0.1, 0.15) is 0 Å². The van der Waals surface area contributed by atoms with E-state index in [0.717, 1.165) is 30.6 Å². The average Bonchev–Trinajstić information content (AvgIpc) is 3.36. The molecule has 0 bridgehead atoms. The summed E-state index contributed by atoms with van der Waals surface area (Å²) in [6.07, 6.45) is 10.6. The molecule has 3 N–H and O–H groups in total. The number of benzene rings is 1. The quantitative estimate of drug-likeness (QED) is 0.175. The maximum absolute atomic E-state index is 5.92. The number of hydrogen-bond acceptors (Lipinski definition) is 5. The molecule has 0 spiro atoms. The Labute approximate surface area is 222 Å². The molecule has 2 rings (SSSR count). The summed E-state index contributed by atoms with van der Waals surface area (Å²) in [5.74, 6) is 2.65. The van der Waals surface area contributed by atoms with Crippen LogP contribution in [0.3, 0.4) is 0 Å². The van der Waals surface area contributed by atoms with Gasteiger partial charge in [0.15, 0.2) is 0 Å². The highest BCUT2D eigenvalue weighted by Gasteiger charge is 2.10. The first kappa shape index (κ1) is 30.6. The van der Waals surface area contributed by atoms with Gasteiger partial charge in [0.25, 0.3) is 0 Å². The van der Waals surface area contributed by atoms with Crippen molar-refractivity contribution in [1.29, 1.82) is 0 Å². The molecule has 0 fully saturated rings. The molecule has 1 aromatic carbocycles. The second-order valence-electron chi connectivity index (χ2n) is 8.88. The number of thiol groups is 1. The summed E-state index contributed by atoms with van der Waals surface area (Å²) in [6.45, 7) is 16.0. The Morgan fingerprint density at radius 1 is 1.26 bits per heavy atom. The molecule has 2 aromatic rings. The Kier molecular flexibility index (Phi) is 16.2. The molecular weight excluding hydrogens is 473 g/mol. The normalized spacial score (nSPS) is 11.9. The van der Waals surface area contributed by atoms with Gasteiger partial charge >= 0.3 is 0 Å². The van der Waals surface area contributed by atoms with Crippen molar-refractivity contribution in [2.45, 2.75) is 52.5 Å². The van der Waals surface area contributed by atoms with E-state index >= 15 is 0 Å². The first-order valence-electron chi connectivity index (χ1n) is 12.1. The van der Waals surface area contributed by atoms with E-state index in [-0.39, 0.29) is 6.04 Å². The fourth-order valence-electron chi connectivity index (χ4n) is 3.19. The van der Waals surface area contributed by atoms with Crippen LogP contribution in [0.5, 0.6) is 0 Å². The number of hydrogen-bond donors (Lipinski definition) is 3. The largest absolute Gasteiger partial charge is 0.381 e. The maximum atomic E-state index is 5.92. The molecule has 0 radical (unpaired) electrons. The molecule has 0 aliphatic carbocycles. The lowest BCUT2D eigenvalue weighted by molar-refractivity contribution is 0.580. The Bertz CT molecular complexity index is 868. The predicted octanol–water partition coefficient (Wildman–Crippen LogP) is 8.08. The van der Waals surface area contributed by atoms with E-state index in [9.17, 15) is 0 Å². The lowest BCUT2D eigenvalue weighted by Crippen LogP contribution is -2.18. The predicted molar refractivity (Wildman–Crippen MR) is 163 cm³/mol. The highest BCUT2D eigenvalue weighted by atomic mass is 32.2. The molecular formula is C29H44N2S3. The van der Waals surface area contributed by atoms with Gasteiger partial charge < -0.3 is 11.1 Å². The molecule has 0 aliphatic heterocycles. The zero-order valence-electron chi connectivity index (χ0n) is 21.5. The zero-order chi connectivity index (χ0) is 25.3. The second-order valence-corrected chi connectivity index (χ2v) is 11.0. The minimum Gasteiger partial charge on any atom is -0.381 e. The Morgan fingerprint density at radius 3 is 2.59 bits per heavy atom. The van der Waals surface area contributed by atoms with Crippen molar-refractivity contribution in [3.05, 3.63) is 77.0 Å². The molecule has 1 unspecified atom stereocenters. The molecule has 34 heavy (non-hydrogen) atoms. The van der Waals surface area contributed by atoms with Gasteiger partial charge in [-0.05, 0) is 83.2 Å². The summed E-state index contributed by atoms with van der Waals surface area (Å²) in [5.41, 5.74) is 12.9. The summed E-state index contributed by atoms with van der Waals surface area (Å²) in [5, 5.41) is 7.79. The van der Waals surface area contributed by atoms with E-state index in [0.29, 0.717) is 11.7 Å². The summed E-state index contributed by atoms with van der Waals surface area (Å²) >= 11 is 7.84. The van der Waals surface area contributed by atoms with Gasteiger partial charge in [-0.2, -0.15) is 35.7 Å². The molecule has 5 heteroatoms. The van der Waals surface area contributed by atoms with Crippen LogP contribution < -0.4 is 11.1 Å². The van der Waals surface area contributed by atoms with Crippen LogP contribution in [0.2, 0.25) is 0 Å². The first-order valence-corrected chi connectivity index (χ1v) is 15.1. The van der Waals surface area contributed by atoms with Crippen molar-refractivity contribution in [3.8, 4) is 11.1 Å². The summed E-state index contributed by atoms with van der Waals surface area (Å²) in [7, 11) is 0. The SMILES string of the molecule is C=C(CCC(C)C)CNC(=C)c1cc(C/C=C/C(N)CS)ccc1-c1ccsc1.CCCSC. The van der Waals surface area contributed by atoms with E-state index < -0.39 is 0 Å². The molecule has 0 saturated carbocycles. The van der Waals surface area contributed by atoms with Crippen LogP contribution in [0, 0.1) is 5.92 Å². The van der Waals surface area contributed by atoms with Crippen molar-refractivity contribution < 1.29 is 0 Å². The first-order chi connectivity index (χ1) is 16.3. The van der Waals surface area contributed by atoms with E-state index in [1.807, 2.05) is 17.8 Å². The molecule has 1 atom stereocenters. The van der Waals surface area contributed by atoms with Gasteiger partial charge in [-0.3, -0.25) is 0 Å². The molecule has 0 aliphatic rings. The monoisotopic (exact) mass is 516 g/mol. The Morgan fingerprint density at radius 2 is 2.03 bits per heavy atom. The van der Waals surface area contributed by atoms with Gasteiger partial charge in [0.05, 0.1) is 0 Å². The lowest BCUT2D eigenvalue weighted by atomic mass is 9.96. The molecule has 1 heterocycles. The number of thiophene rings is 1.